The second-order valence-corrected chi connectivity index (χ2v) is 7.43. The summed E-state index contributed by atoms with van der Waals surface area (Å²) in [6, 6.07) is 10.7. The van der Waals surface area contributed by atoms with E-state index in [1.807, 2.05) is 18.2 Å². The van der Waals surface area contributed by atoms with Gasteiger partial charge in [0, 0.05) is 26.1 Å². The fourth-order valence-electron chi connectivity index (χ4n) is 4.79. The number of nitrogens with zero attached hydrogens (tertiary/aromatic N) is 2. The van der Waals surface area contributed by atoms with Crippen LogP contribution in [0.25, 0.3) is 0 Å². The molecule has 1 amide bonds. The average molecular weight is 344 g/mol. The molecule has 2 fully saturated rings. The Kier molecular flexibility index (Phi) is 5.80. The Labute approximate surface area is 152 Å². The molecule has 3 rings (SSSR count). The third-order valence-corrected chi connectivity index (χ3v) is 6.36. The van der Waals surface area contributed by atoms with Crippen molar-refractivity contribution in [3.63, 3.8) is 0 Å². The topological polar surface area (TPSA) is 32.8 Å². The molecule has 0 unspecified atom stereocenters. The number of amides is 1. The van der Waals surface area contributed by atoms with Crippen LogP contribution in [0.1, 0.15) is 51.5 Å². The highest BCUT2D eigenvalue weighted by molar-refractivity contribution is 5.80. The highest BCUT2D eigenvalue weighted by atomic mass is 16.5. The highest BCUT2D eigenvalue weighted by Crippen LogP contribution is 2.37. The number of hydrogen-bond acceptors (Lipinski definition) is 3. The Balaban J connectivity index is 1.72. The standard InChI is InChI=1S/C21H32N2O2/c1-4-21(5-2,25-3)19-12-9-14-22(19)23-15-13-18(20(23)24)16-17-10-7-6-8-11-17/h6-8,10-11,18-19H,4-5,9,12-16H2,1-3H3/t18-,19+/m1/s1. The quantitative estimate of drug-likeness (QED) is 0.757. The minimum atomic E-state index is -0.145. The van der Waals surface area contributed by atoms with Crippen LogP contribution in [0.4, 0.5) is 0 Å². The number of hydrazine groups is 1. The summed E-state index contributed by atoms with van der Waals surface area (Å²) in [4.78, 5) is 13.1. The lowest BCUT2D eigenvalue weighted by Crippen LogP contribution is -2.57. The van der Waals surface area contributed by atoms with Crippen molar-refractivity contribution >= 4 is 5.91 Å². The summed E-state index contributed by atoms with van der Waals surface area (Å²) in [5, 5.41) is 4.38. The maximum atomic E-state index is 13.1. The summed E-state index contributed by atoms with van der Waals surface area (Å²) in [5.74, 6) is 0.414. The van der Waals surface area contributed by atoms with Crippen molar-refractivity contribution in [2.45, 2.75) is 64.0 Å². The maximum absolute atomic E-state index is 13.1. The third-order valence-electron chi connectivity index (χ3n) is 6.36. The predicted octanol–water partition coefficient (Wildman–Crippen LogP) is 3.66. The molecule has 4 nitrogen and oxygen atoms in total. The Morgan fingerprint density at radius 2 is 1.84 bits per heavy atom. The van der Waals surface area contributed by atoms with E-state index in [-0.39, 0.29) is 11.5 Å². The van der Waals surface area contributed by atoms with E-state index < -0.39 is 0 Å². The number of methoxy groups -OCH3 is 1. The van der Waals surface area contributed by atoms with Gasteiger partial charge in [-0.2, -0.15) is 0 Å². The molecule has 0 spiro atoms. The number of ether oxygens (including phenoxy) is 1. The van der Waals surface area contributed by atoms with E-state index in [9.17, 15) is 4.79 Å². The Hall–Kier alpha value is -1.39. The molecule has 25 heavy (non-hydrogen) atoms. The average Bonchev–Trinajstić information content (AvgIpc) is 3.26. The molecule has 2 aliphatic rings. The fourth-order valence-corrected chi connectivity index (χ4v) is 4.79. The van der Waals surface area contributed by atoms with E-state index in [0.29, 0.717) is 11.9 Å². The summed E-state index contributed by atoms with van der Waals surface area (Å²) in [5.41, 5.74) is 1.11. The van der Waals surface area contributed by atoms with Gasteiger partial charge in [0.25, 0.3) is 0 Å². The summed E-state index contributed by atoms with van der Waals surface area (Å²) in [6.45, 7) is 6.22. The molecule has 0 radical (unpaired) electrons. The van der Waals surface area contributed by atoms with Gasteiger partial charge in [0.15, 0.2) is 0 Å². The third kappa shape index (κ3) is 3.47. The molecule has 2 heterocycles. The monoisotopic (exact) mass is 344 g/mol. The molecule has 0 aromatic heterocycles. The van der Waals surface area contributed by atoms with Crippen molar-refractivity contribution < 1.29 is 9.53 Å². The van der Waals surface area contributed by atoms with Crippen LogP contribution in [0, 0.1) is 5.92 Å². The van der Waals surface area contributed by atoms with Crippen molar-refractivity contribution in [1.29, 1.82) is 0 Å². The van der Waals surface area contributed by atoms with Crippen molar-refractivity contribution in [2.75, 3.05) is 20.2 Å². The van der Waals surface area contributed by atoms with Crippen molar-refractivity contribution in [3.8, 4) is 0 Å². The highest BCUT2D eigenvalue weighted by Gasteiger charge is 2.47. The largest absolute Gasteiger partial charge is 0.377 e. The van der Waals surface area contributed by atoms with Crippen LogP contribution < -0.4 is 0 Å². The second-order valence-electron chi connectivity index (χ2n) is 7.43. The van der Waals surface area contributed by atoms with Crippen LogP contribution in [0.2, 0.25) is 0 Å². The molecule has 2 atom stereocenters. The van der Waals surface area contributed by atoms with Crippen molar-refractivity contribution in [1.82, 2.24) is 10.0 Å². The normalized spacial score (nSPS) is 25.1. The Morgan fingerprint density at radius 1 is 1.12 bits per heavy atom. The molecule has 4 heteroatoms. The minimum Gasteiger partial charge on any atom is -0.377 e. The van der Waals surface area contributed by atoms with E-state index in [1.54, 1.807) is 0 Å². The van der Waals surface area contributed by atoms with Crippen LogP contribution in [0.5, 0.6) is 0 Å². The molecule has 1 aromatic rings. The van der Waals surface area contributed by atoms with Crippen molar-refractivity contribution in [2.24, 2.45) is 5.92 Å². The summed E-state index contributed by atoms with van der Waals surface area (Å²) in [7, 11) is 1.83. The minimum absolute atomic E-state index is 0.115. The fraction of sp³-hybridized carbons (Fsp3) is 0.667. The Bertz CT molecular complexity index is 562. The van der Waals surface area contributed by atoms with E-state index >= 15 is 0 Å². The van der Waals surface area contributed by atoms with Gasteiger partial charge in [-0.25, -0.2) is 5.01 Å². The van der Waals surface area contributed by atoms with Crippen LogP contribution in [-0.4, -0.2) is 47.8 Å². The van der Waals surface area contributed by atoms with Gasteiger partial charge in [0.05, 0.1) is 11.6 Å². The first-order valence-electron chi connectivity index (χ1n) is 9.82. The van der Waals surface area contributed by atoms with Crippen LogP contribution in [0.3, 0.4) is 0 Å². The summed E-state index contributed by atoms with van der Waals surface area (Å²) < 4.78 is 5.99. The first kappa shape index (κ1) is 18.4. The predicted molar refractivity (Wildman–Crippen MR) is 100 cm³/mol. The molecule has 1 aromatic carbocycles. The summed E-state index contributed by atoms with van der Waals surface area (Å²) in [6.07, 6.45) is 6.03. The first-order valence-corrected chi connectivity index (χ1v) is 9.82. The number of carbonyl (C=O) groups is 1. The summed E-state index contributed by atoms with van der Waals surface area (Å²) >= 11 is 0. The van der Waals surface area contributed by atoms with Gasteiger partial charge < -0.3 is 4.74 Å². The second kappa shape index (κ2) is 7.88. The first-order chi connectivity index (χ1) is 12.1. The molecular weight excluding hydrogens is 312 g/mol. The Morgan fingerprint density at radius 3 is 2.48 bits per heavy atom. The molecule has 138 valence electrons. The van der Waals surface area contributed by atoms with Crippen LogP contribution in [-0.2, 0) is 16.0 Å². The van der Waals surface area contributed by atoms with Gasteiger partial charge >= 0.3 is 0 Å². The smallest absolute Gasteiger partial charge is 0.240 e. The van der Waals surface area contributed by atoms with Gasteiger partial charge in [0.2, 0.25) is 5.91 Å². The van der Waals surface area contributed by atoms with Crippen LogP contribution in [0.15, 0.2) is 30.3 Å². The maximum Gasteiger partial charge on any atom is 0.240 e. The number of carbonyl (C=O) groups excluding carboxylic acids is 1. The molecule has 0 aliphatic carbocycles. The molecule has 0 bridgehead atoms. The van der Waals surface area contributed by atoms with E-state index in [1.165, 1.54) is 5.56 Å². The van der Waals surface area contributed by atoms with Crippen molar-refractivity contribution in [3.05, 3.63) is 35.9 Å². The molecule has 2 saturated heterocycles. The number of rotatable bonds is 7. The van der Waals surface area contributed by atoms with Gasteiger partial charge in [-0.3, -0.25) is 9.80 Å². The van der Waals surface area contributed by atoms with E-state index in [4.69, 9.17) is 4.74 Å². The lowest BCUT2D eigenvalue weighted by Gasteiger charge is -2.44. The van der Waals surface area contributed by atoms with Gasteiger partial charge in [0.1, 0.15) is 0 Å². The van der Waals surface area contributed by atoms with E-state index in [2.05, 4.69) is 43.1 Å². The number of hydrogen-bond donors (Lipinski definition) is 0. The molecule has 0 saturated carbocycles. The zero-order valence-corrected chi connectivity index (χ0v) is 15.9. The van der Waals surface area contributed by atoms with Gasteiger partial charge in [-0.05, 0) is 44.1 Å². The van der Waals surface area contributed by atoms with Gasteiger partial charge in [-0.15, -0.1) is 0 Å². The zero-order chi connectivity index (χ0) is 17.9. The molecule has 0 N–H and O–H groups in total. The molecular formula is C21H32N2O2. The SMILES string of the molecule is CCC(CC)(OC)[C@@H]1CCCN1N1CC[C@H](Cc2ccccc2)C1=O. The zero-order valence-electron chi connectivity index (χ0n) is 15.9. The molecule has 2 aliphatic heterocycles. The van der Waals surface area contributed by atoms with Crippen LogP contribution >= 0.6 is 0 Å². The lowest BCUT2D eigenvalue weighted by atomic mass is 9.87. The van der Waals surface area contributed by atoms with Gasteiger partial charge in [-0.1, -0.05) is 44.2 Å². The lowest BCUT2D eigenvalue weighted by molar-refractivity contribution is -0.162. The van der Waals surface area contributed by atoms with E-state index in [0.717, 1.165) is 51.6 Å². The number of benzene rings is 1.